The van der Waals surface area contributed by atoms with Gasteiger partial charge in [-0.25, -0.2) is 0 Å². The van der Waals surface area contributed by atoms with E-state index in [1.807, 2.05) is 0 Å². The zero-order valence-electron chi connectivity index (χ0n) is 4.15. The Labute approximate surface area is 43.0 Å². The van der Waals surface area contributed by atoms with Crippen molar-refractivity contribution in [3.8, 4) is 0 Å². The number of hydrogen-bond donors (Lipinski definition) is 1. The van der Waals surface area contributed by atoms with Crippen LogP contribution in [0, 0.1) is 18.3 Å². The van der Waals surface area contributed by atoms with Crippen LogP contribution in [-0.4, -0.2) is 12.9 Å². The summed E-state index contributed by atoms with van der Waals surface area (Å²) in [5, 5.41) is 6.56. The van der Waals surface area contributed by atoms with Crippen molar-refractivity contribution in [3.05, 3.63) is 6.92 Å². The van der Waals surface area contributed by atoms with Crippen LogP contribution >= 0.6 is 0 Å². The van der Waals surface area contributed by atoms with Crippen LogP contribution in [0.4, 0.5) is 4.39 Å². The van der Waals surface area contributed by atoms with E-state index in [9.17, 15) is 4.39 Å². The van der Waals surface area contributed by atoms with Crippen LogP contribution in [0.25, 0.3) is 0 Å². The highest BCUT2D eigenvalue weighted by atomic mass is 19.1. The molecule has 0 saturated carbocycles. The minimum Gasteiger partial charge on any atom is -0.313 e. The lowest BCUT2D eigenvalue weighted by Crippen LogP contribution is -1.95. The van der Waals surface area contributed by atoms with E-state index in [4.69, 9.17) is 5.41 Å². The van der Waals surface area contributed by atoms with Gasteiger partial charge >= 0.3 is 0 Å². The molecule has 1 atom stereocenters. The Morgan fingerprint density at radius 1 is 1.86 bits per heavy atom. The number of rotatable bonds is 3. The van der Waals surface area contributed by atoms with Crippen LogP contribution in [0.3, 0.4) is 0 Å². The molecule has 0 aliphatic carbocycles. The zero-order chi connectivity index (χ0) is 5.70. The fourth-order valence-corrected chi connectivity index (χ4v) is 0.223. The summed E-state index contributed by atoms with van der Waals surface area (Å²) in [7, 11) is 0. The summed E-state index contributed by atoms with van der Waals surface area (Å²) in [5.41, 5.74) is 0. The second kappa shape index (κ2) is 3.78. The summed E-state index contributed by atoms with van der Waals surface area (Å²) < 4.78 is 11.3. The summed E-state index contributed by atoms with van der Waals surface area (Å²) in [6, 6.07) is 0. The van der Waals surface area contributed by atoms with Gasteiger partial charge in [-0.2, -0.15) is 0 Å². The Kier molecular flexibility index (Phi) is 3.56. The van der Waals surface area contributed by atoms with Crippen LogP contribution in [0.2, 0.25) is 0 Å². The van der Waals surface area contributed by atoms with Gasteiger partial charge in [0.2, 0.25) is 0 Å². The average molecular weight is 102 g/mol. The van der Waals surface area contributed by atoms with Crippen LogP contribution in [-0.2, 0) is 0 Å². The Balaban J connectivity index is 2.98. The molecular weight excluding hydrogens is 93.1 g/mol. The van der Waals surface area contributed by atoms with Crippen LogP contribution in [0.5, 0.6) is 0 Å². The van der Waals surface area contributed by atoms with Gasteiger partial charge in [0.25, 0.3) is 0 Å². The Morgan fingerprint density at radius 2 is 2.43 bits per heavy atom. The summed E-state index contributed by atoms with van der Waals surface area (Å²) in [5.74, 6) is -0.134. The highest BCUT2D eigenvalue weighted by Gasteiger charge is 1.92. The molecule has 1 radical (unpaired) electrons. The van der Waals surface area contributed by atoms with Gasteiger partial charge in [-0.3, -0.25) is 4.39 Å². The normalized spacial score (nSPS) is 13.4. The van der Waals surface area contributed by atoms with E-state index >= 15 is 0 Å². The van der Waals surface area contributed by atoms with Crippen LogP contribution < -0.4 is 0 Å². The first kappa shape index (κ1) is 6.60. The maximum absolute atomic E-state index is 11.3. The lowest BCUT2D eigenvalue weighted by Gasteiger charge is -1.95. The smallest absolute Gasteiger partial charge is 0.0900 e. The number of nitrogens with one attached hydrogen (secondary N) is 1. The van der Waals surface area contributed by atoms with Crippen molar-refractivity contribution in [1.29, 1.82) is 5.41 Å². The largest absolute Gasteiger partial charge is 0.313 e. The van der Waals surface area contributed by atoms with Gasteiger partial charge in [0.15, 0.2) is 0 Å². The predicted octanol–water partition coefficient (Wildman–Crippen LogP) is 1.45. The molecule has 1 unspecified atom stereocenters. The second-order valence-corrected chi connectivity index (χ2v) is 1.40. The van der Waals surface area contributed by atoms with E-state index in [-0.39, 0.29) is 12.6 Å². The van der Waals surface area contributed by atoms with Crippen LogP contribution in [0.1, 0.15) is 6.42 Å². The first-order valence-electron chi connectivity index (χ1n) is 2.21. The second-order valence-electron chi connectivity index (χ2n) is 1.40. The molecule has 0 aliphatic heterocycles. The first-order valence-corrected chi connectivity index (χ1v) is 2.21. The molecule has 41 valence electrons. The Bertz CT molecular complexity index is 54.0. The van der Waals surface area contributed by atoms with Gasteiger partial charge in [-0.1, -0.05) is 0 Å². The number of hydrogen-bond acceptors (Lipinski definition) is 1. The third-order valence-corrected chi connectivity index (χ3v) is 0.716. The van der Waals surface area contributed by atoms with E-state index in [1.54, 1.807) is 0 Å². The van der Waals surface area contributed by atoms with Gasteiger partial charge < -0.3 is 5.41 Å². The maximum Gasteiger partial charge on any atom is 0.0900 e. The van der Waals surface area contributed by atoms with Gasteiger partial charge in [0.05, 0.1) is 6.67 Å². The van der Waals surface area contributed by atoms with Crippen molar-refractivity contribution in [1.82, 2.24) is 0 Å². The van der Waals surface area contributed by atoms with Gasteiger partial charge in [0.1, 0.15) is 0 Å². The van der Waals surface area contributed by atoms with Crippen molar-refractivity contribution >= 4 is 6.21 Å². The third kappa shape index (κ3) is 3.43. The van der Waals surface area contributed by atoms with Crippen LogP contribution in [0.15, 0.2) is 0 Å². The molecular formula is C5H9FN. The van der Waals surface area contributed by atoms with Gasteiger partial charge in [0, 0.05) is 0 Å². The van der Waals surface area contributed by atoms with E-state index in [0.717, 1.165) is 6.21 Å². The topological polar surface area (TPSA) is 23.9 Å². The molecule has 0 spiro atoms. The monoisotopic (exact) mass is 102 g/mol. The van der Waals surface area contributed by atoms with Crippen molar-refractivity contribution in [2.24, 2.45) is 5.92 Å². The van der Waals surface area contributed by atoms with Crippen molar-refractivity contribution in [2.75, 3.05) is 6.67 Å². The van der Waals surface area contributed by atoms with Gasteiger partial charge in [-0.15, -0.1) is 0 Å². The lowest BCUT2D eigenvalue weighted by molar-refractivity contribution is 0.458. The quantitative estimate of drug-likeness (QED) is 0.521. The molecule has 0 bridgehead atoms. The first-order chi connectivity index (χ1) is 3.31. The molecule has 7 heavy (non-hydrogen) atoms. The predicted molar refractivity (Wildman–Crippen MR) is 28.2 cm³/mol. The molecule has 2 heteroatoms. The maximum atomic E-state index is 11.3. The van der Waals surface area contributed by atoms with Crippen molar-refractivity contribution in [2.45, 2.75) is 6.42 Å². The van der Waals surface area contributed by atoms with Gasteiger partial charge in [-0.05, 0) is 25.5 Å². The zero-order valence-corrected chi connectivity index (χ0v) is 4.15. The molecule has 0 heterocycles. The standard InChI is InChI=1S/C5H9FN/c1-5(4-7)2-3-6/h4-5,7H,1-3H2. The summed E-state index contributed by atoms with van der Waals surface area (Å²) in [6.07, 6.45) is 1.53. The lowest BCUT2D eigenvalue weighted by atomic mass is 10.1. The summed E-state index contributed by atoms with van der Waals surface area (Å²) in [6.45, 7) is 3.09. The summed E-state index contributed by atoms with van der Waals surface area (Å²) in [4.78, 5) is 0. The number of halogens is 1. The molecule has 0 aliphatic rings. The highest BCUT2D eigenvalue weighted by molar-refractivity contribution is 5.57. The SMILES string of the molecule is [CH2]C(C=N)CCF. The molecule has 0 rings (SSSR count). The third-order valence-electron chi connectivity index (χ3n) is 0.716. The van der Waals surface area contributed by atoms with E-state index < -0.39 is 0 Å². The molecule has 1 N–H and O–H groups in total. The molecule has 0 aromatic carbocycles. The van der Waals surface area contributed by atoms with Crippen molar-refractivity contribution < 1.29 is 4.39 Å². The molecule has 0 aromatic heterocycles. The van der Waals surface area contributed by atoms with E-state index in [2.05, 4.69) is 6.92 Å². The summed E-state index contributed by atoms with van der Waals surface area (Å²) >= 11 is 0. The molecule has 0 aromatic rings. The van der Waals surface area contributed by atoms with Crippen molar-refractivity contribution in [3.63, 3.8) is 0 Å². The minimum atomic E-state index is -0.371. The highest BCUT2D eigenvalue weighted by Crippen LogP contribution is 1.94. The molecule has 0 saturated heterocycles. The van der Waals surface area contributed by atoms with E-state index in [0.29, 0.717) is 6.42 Å². The average Bonchev–Trinajstić information content (AvgIpc) is 1.68. The van der Waals surface area contributed by atoms with E-state index in [1.165, 1.54) is 0 Å². The Hall–Kier alpha value is -0.400. The minimum absolute atomic E-state index is 0.134. The molecule has 0 fully saturated rings. The fourth-order valence-electron chi connectivity index (χ4n) is 0.223. The molecule has 0 amide bonds. The number of alkyl halides is 1. The fraction of sp³-hybridized carbons (Fsp3) is 0.600. The molecule has 1 nitrogen and oxygen atoms in total. The Morgan fingerprint density at radius 3 is 2.57 bits per heavy atom.